The van der Waals surface area contributed by atoms with Crippen LogP contribution in [0.2, 0.25) is 0 Å². The fraction of sp³-hybridized carbons (Fsp3) is 0.409. The lowest BCUT2D eigenvalue weighted by molar-refractivity contribution is -0.139. The van der Waals surface area contributed by atoms with Crippen LogP contribution in [0.4, 0.5) is 22.0 Å². The summed E-state index contributed by atoms with van der Waals surface area (Å²) in [7, 11) is 0. The van der Waals surface area contributed by atoms with Crippen molar-refractivity contribution in [1.82, 2.24) is 0 Å². The predicted octanol–water partition coefficient (Wildman–Crippen LogP) is 5.46. The van der Waals surface area contributed by atoms with E-state index in [1.807, 2.05) is 0 Å². The fourth-order valence-corrected chi connectivity index (χ4v) is 4.01. The van der Waals surface area contributed by atoms with Crippen molar-refractivity contribution in [1.29, 1.82) is 0 Å². The molecular formula is C22H19F5O4. The number of hydrogen-bond acceptors (Lipinski definition) is 3. The second-order valence-corrected chi connectivity index (χ2v) is 8.51. The Morgan fingerprint density at radius 1 is 1.23 bits per heavy atom. The van der Waals surface area contributed by atoms with Gasteiger partial charge in [-0.2, -0.15) is 13.2 Å². The van der Waals surface area contributed by atoms with Gasteiger partial charge in [0.1, 0.15) is 18.0 Å². The van der Waals surface area contributed by atoms with Crippen LogP contribution < -0.4 is 9.47 Å². The number of carbonyl (C=O) groups is 1. The lowest BCUT2D eigenvalue weighted by Crippen LogP contribution is -2.25. The number of aliphatic carboxylic acids is 1. The number of carboxylic acids is 1. The summed E-state index contributed by atoms with van der Waals surface area (Å²) < 4.78 is 79.9. The largest absolute Gasteiger partial charge is 0.487 e. The van der Waals surface area contributed by atoms with Crippen LogP contribution >= 0.6 is 0 Å². The second-order valence-electron chi connectivity index (χ2n) is 8.51. The zero-order valence-corrected chi connectivity index (χ0v) is 16.6. The molecule has 2 aliphatic rings. The Morgan fingerprint density at radius 3 is 2.42 bits per heavy atom. The van der Waals surface area contributed by atoms with Crippen LogP contribution in [-0.2, 0) is 24.0 Å². The van der Waals surface area contributed by atoms with Gasteiger partial charge in [0.15, 0.2) is 17.4 Å². The van der Waals surface area contributed by atoms with Gasteiger partial charge in [-0.15, -0.1) is 0 Å². The van der Waals surface area contributed by atoms with Crippen LogP contribution in [0.15, 0.2) is 24.3 Å². The molecule has 2 aromatic carbocycles. The molecule has 0 saturated heterocycles. The molecule has 0 spiro atoms. The number of ether oxygens (including phenoxy) is 2. The first-order chi connectivity index (χ1) is 14.4. The van der Waals surface area contributed by atoms with E-state index in [4.69, 9.17) is 14.6 Å². The van der Waals surface area contributed by atoms with Gasteiger partial charge in [0.05, 0.1) is 11.5 Å². The number of rotatable bonds is 5. The Kier molecular flexibility index (Phi) is 4.90. The lowest BCUT2D eigenvalue weighted by atomic mass is 9.95. The highest BCUT2D eigenvalue weighted by atomic mass is 19.4. The molecule has 1 N–H and O–H groups in total. The van der Waals surface area contributed by atoms with E-state index in [0.717, 1.165) is 18.2 Å². The molecule has 0 aromatic heterocycles. The van der Waals surface area contributed by atoms with Crippen LogP contribution in [0.25, 0.3) is 0 Å². The molecule has 166 valence electrons. The summed E-state index contributed by atoms with van der Waals surface area (Å²) in [4.78, 5) is 11.0. The first-order valence-corrected chi connectivity index (χ1v) is 9.63. The number of carboxylic acid groups (broad SMARTS) is 1. The highest BCUT2D eigenvalue weighted by molar-refractivity contribution is 5.75. The number of hydrogen-bond donors (Lipinski definition) is 1. The number of benzene rings is 2. The minimum absolute atomic E-state index is 0.0108. The molecule has 2 unspecified atom stereocenters. The van der Waals surface area contributed by atoms with Crippen LogP contribution in [0.5, 0.6) is 11.5 Å². The third kappa shape index (κ3) is 4.05. The van der Waals surface area contributed by atoms with Crippen molar-refractivity contribution in [3.05, 3.63) is 58.2 Å². The van der Waals surface area contributed by atoms with E-state index in [2.05, 4.69) is 0 Å². The van der Waals surface area contributed by atoms with Crippen molar-refractivity contribution in [2.75, 3.05) is 0 Å². The van der Waals surface area contributed by atoms with Crippen molar-refractivity contribution < 1.29 is 41.3 Å². The Morgan fingerprint density at radius 2 is 1.87 bits per heavy atom. The normalized spacial score (nSPS) is 21.4. The molecule has 2 aromatic rings. The minimum Gasteiger partial charge on any atom is -0.487 e. The molecule has 0 bridgehead atoms. The SMILES string of the molecule is CC1(C)Cc2c(C(F)(F)F)ccc(COc3c(F)cc(C4CC4C(=O)O)cc3F)c2O1. The average molecular weight is 442 g/mol. The van der Waals surface area contributed by atoms with Crippen LogP contribution in [0.1, 0.15) is 48.4 Å². The van der Waals surface area contributed by atoms with Crippen molar-refractivity contribution in [3.8, 4) is 11.5 Å². The van der Waals surface area contributed by atoms with Gasteiger partial charge in [-0.25, -0.2) is 8.78 Å². The lowest BCUT2D eigenvalue weighted by Gasteiger charge is -2.18. The molecule has 0 radical (unpaired) electrons. The third-order valence-electron chi connectivity index (χ3n) is 5.56. The van der Waals surface area contributed by atoms with E-state index in [9.17, 15) is 26.7 Å². The molecule has 1 heterocycles. The van der Waals surface area contributed by atoms with E-state index in [1.54, 1.807) is 13.8 Å². The zero-order valence-electron chi connectivity index (χ0n) is 16.6. The Bertz CT molecular complexity index is 1040. The summed E-state index contributed by atoms with van der Waals surface area (Å²) in [6.45, 7) is 2.90. The topological polar surface area (TPSA) is 55.8 Å². The summed E-state index contributed by atoms with van der Waals surface area (Å²) in [6, 6.07) is 4.15. The molecule has 1 aliphatic heterocycles. The maximum atomic E-state index is 14.5. The smallest absolute Gasteiger partial charge is 0.416 e. The van der Waals surface area contributed by atoms with E-state index >= 15 is 0 Å². The first-order valence-electron chi connectivity index (χ1n) is 9.63. The van der Waals surface area contributed by atoms with Gasteiger partial charge in [0, 0.05) is 17.5 Å². The zero-order chi connectivity index (χ0) is 22.7. The summed E-state index contributed by atoms with van der Waals surface area (Å²) in [5.41, 5.74) is -1.21. The number of alkyl halides is 3. The number of fused-ring (bicyclic) bond motifs is 1. The standard InChI is InChI=1S/C22H19F5O4/c1-21(2)8-14-15(22(25,26)27)4-3-10(18(14)31-21)9-30-19-16(23)5-11(6-17(19)24)12-7-13(12)20(28)29/h3-6,12-13H,7-9H2,1-2H3,(H,28,29). The Labute approximate surface area is 174 Å². The van der Waals surface area contributed by atoms with Crippen molar-refractivity contribution >= 4 is 5.97 Å². The maximum absolute atomic E-state index is 14.5. The van der Waals surface area contributed by atoms with Gasteiger partial charge in [-0.05, 0) is 49.9 Å². The molecule has 4 rings (SSSR count). The molecule has 2 atom stereocenters. The average Bonchev–Trinajstić information content (AvgIpc) is 3.36. The summed E-state index contributed by atoms with van der Waals surface area (Å²) in [6.07, 6.45) is -4.22. The van der Waals surface area contributed by atoms with Crippen molar-refractivity contribution in [2.45, 2.75) is 51.0 Å². The van der Waals surface area contributed by atoms with E-state index in [-0.39, 0.29) is 28.9 Å². The van der Waals surface area contributed by atoms with Crippen molar-refractivity contribution in [2.24, 2.45) is 5.92 Å². The molecule has 9 heteroatoms. The van der Waals surface area contributed by atoms with Crippen molar-refractivity contribution in [3.63, 3.8) is 0 Å². The van der Waals surface area contributed by atoms with Gasteiger partial charge in [-0.1, -0.05) is 6.07 Å². The fourth-order valence-electron chi connectivity index (χ4n) is 4.01. The van der Waals surface area contributed by atoms with E-state index in [1.165, 1.54) is 6.07 Å². The van der Waals surface area contributed by atoms with Gasteiger partial charge in [0.25, 0.3) is 0 Å². The van der Waals surface area contributed by atoms with Gasteiger partial charge >= 0.3 is 12.1 Å². The minimum atomic E-state index is -4.56. The molecular weight excluding hydrogens is 423 g/mol. The Balaban J connectivity index is 1.58. The van der Waals surface area contributed by atoms with Gasteiger partial charge in [0.2, 0.25) is 0 Å². The molecule has 4 nitrogen and oxygen atoms in total. The molecule has 31 heavy (non-hydrogen) atoms. The third-order valence-corrected chi connectivity index (χ3v) is 5.56. The highest BCUT2D eigenvalue weighted by Gasteiger charge is 2.45. The molecule has 1 aliphatic carbocycles. The highest BCUT2D eigenvalue weighted by Crippen LogP contribution is 2.49. The van der Waals surface area contributed by atoms with Crippen LogP contribution in [-0.4, -0.2) is 16.7 Å². The molecule has 1 saturated carbocycles. The maximum Gasteiger partial charge on any atom is 0.416 e. The Hall–Kier alpha value is -2.84. The van der Waals surface area contributed by atoms with Gasteiger partial charge < -0.3 is 14.6 Å². The van der Waals surface area contributed by atoms with Crippen LogP contribution in [0, 0.1) is 17.6 Å². The quantitative estimate of drug-likeness (QED) is 0.625. The van der Waals surface area contributed by atoms with E-state index < -0.39 is 59.1 Å². The predicted molar refractivity (Wildman–Crippen MR) is 99.0 cm³/mol. The summed E-state index contributed by atoms with van der Waals surface area (Å²) in [5.74, 6) is -4.82. The van der Waals surface area contributed by atoms with E-state index in [0.29, 0.717) is 6.42 Å². The summed E-state index contributed by atoms with van der Waals surface area (Å²) in [5, 5.41) is 8.98. The van der Waals surface area contributed by atoms with Gasteiger partial charge in [-0.3, -0.25) is 4.79 Å². The number of halogens is 5. The monoisotopic (exact) mass is 442 g/mol. The van der Waals surface area contributed by atoms with Crippen LogP contribution in [0.3, 0.4) is 0 Å². The molecule has 0 amide bonds. The second kappa shape index (κ2) is 7.10. The first kappa shape index (κ1) is 21.4. The molecule has 1 fully saturated rings. The summed E-state index contributed by atoms with van der Waals surface area (Å²) >= 11 is 0.